The predicted octanol–water partition coefficient (Wildman–Crippen LogP) is 5.80. The summed E-state index contributed by atoms with van der Waals surface area (Å²) < 4.78 is 19.4. The maximum absolute atomic E-state index is 12.6. The molecule has 38 heavy (non-hydrogen) atoms. The molecular weight excluding hydrogens is 478 g/mol. The molecule has 6 nitrogen and oxygen atoms in total. The summed E-state index contributed by atoms with van der Waals surface area (Å²) >= 11 is 0. The molecule has 0 spiro atoms. The van der Waals surface area contributed by atoms with Crippen molar-refractivity contribution in [3.05, 3.63) is 11.6 Å². The van der Waals surface area contributed by atoms with Gasteiger partial charge in [0.1, 0.15) is 0 Å². The van der Waals surface area contributed by atoms with Gasteiger partial charge in [-0.05, 0) is 98.8 Å². The highest BCUT2D eigenvalue weighted by Gasteiger charge is 2.69. The third-order valence-electron chi connectivity index (χ3n) is 13.4. The highest BCUT2D eigenvalue weighted by Crippen LogP contribution is 2.73. The summed E-state index contributed by atoms with van der Waals surface area (Å²) in [4.78, 5) is 12.6. The first kappa shape index (κ1) is 27.2. The summed E-state index contributed by atoms with van der Waals surface area (Å²) in [5, 5.41) is 14.0. The van der Waals surface area contributed by atoms with E-state index in [2.05, 4.69) is 46.1 Å². The Balaban J connectivity index is 1.40. The Bertz CT molecular complexity index is 975. The number of likely N-dealkylation sites (N-methyl/N-ethyl adjacent to an activating group) is 1. The van der Waals surface area contributed by atoms with Crippen LogP contribution in [0.2, 0.25) is 0 Å². The van der Waals surface area contributed by atoms with E-state index in [1.165, 1.54) is 25.7 Å². The van der Waals surface area contributed by atoms with Crippen molar-refractivity contribution in [3.63, 3.8) is 0 Å². The van der Waals surface area contributed by atoms with Crippen molar-refractivity contribution in [2.75, 3.05) is 33.5 Å². The van der Waals surface area contributed by atoms with Gasteiger partial charge >= 0.3 is 5.97 Å². The summed E-state index contributed by atoms with van der Waals surface area (Å²) in [5.74, 6) is 0.305. The van der Waals surface area contributed by atoms with Crippen LogP contribution >= 0.6 is 0 Å². The van der Waals surface area contributed by atoms with E-state index in [1.54, 1.807) is 5.57 Å². The van der Waals surface area contributed by atoms with Crippen LogP contribution in [-0.2, 0) is 19.0 Å². The lowest BCUT2D eigenvalue weighted by Crippen LogP contribution is -2.67. The van der Waals surface area contributed by atoms with Gasteiger partial charge in [0.15, 0.2) is 6.29 Å². The largest absolute Gasteiger partial charge is 0.481 e. The number of rotatable bonds is 5. The van der Waals surface area contributed by atoms with Gasteiger partial charge in [-0.1, -0.05) is 45.8 Å². The van der Waals surface area contributed by atoms with Gasteiger partial charge in [0.05, 0.1) is 19.1 Å². The topological polar surface area (TPSA) is 77.0 Å². The van der Waals surface area contributed by atoms with Gasteiger partial charge in [0, 0.05) is 24.2 Å². The molecule has 0 radical (unpaired) electrons. The Morgan fingerprint density at radius 2 is 1.84 bits per heavy atom. The van der Waals surface area contributed by atoms with E-state index in [4.69, 9.17) is 14.2 Å². The molecule has 4 aliphatic carbocycles. The summed E-state index contributed by atoms with van der Waals surface area (Å²) in [5.41, 5.74) is 1.37. The highest BCUT2D eigenvalue weighted by molar-refractivity contribution is 5.72. The second-order valence-electron chi connectivity index (χ2n) is 14.9. The Morgan fingerprint density at radius 3 is 2.55 bits per heavy atom. The second kappa shape index (κ2) is 9.29. The van der Waals surface area contributed by atoms with Gasteiger partial charge in [0.25, 0.3) is 0 Å². The first-order valence-electron chi connectivity index (χ1n) is 15.5. The monoisotopic (exact) mass is 529 g/mol. The smallest absolute Gasteiger partial charge is 0.307 e. The molecule has 2 bridgehead atoms. The number of nitrogens with one attached hydrogen (secondary N) is 1. The SMILES string of the molecule is CNC1(COC2OCC3(C)CCCC24C2=CCC5(C)C(C(=O)O)C(C)CCC5(C)C2CCC34)CCOCC1. The van der Waals surface area contributed by atoms with Crippen LogP contribution in [0.1, 0.15) is 91.9 Å². The number of allylic oxidation sites excluding steroid dienone is 1. The summed E-state index contributed by atoms with van der Waals surface area (Å²) in [6.07, 6.45) is 13.1. The van der Waals surface area contributed by atoms with E-state index in [0.29, 0.717) is 18.4 Å². The van der Waals surface area contributed by atoms with Crippen molar-refractivity contribution in [3.8, 4) is 0 Å². The minimum Gasteiger partial charge on any atom is -0.481 e. The van der Waals surface area contributed by atoms with E-state index in [-0.39, 0.29) is 45.3 Å². The van der Waals surface area contributed by atoms with Crippen molar-refractivity contribution in [1.29, 1.82) is 0 Å². The summed E-state index contributed by atoms with van der Waals surface area (Å²) in [6.45, 7) is 12.4. The number of aliphatic carboxylic acids is 1. The molecule has 2 N–H and O–H groups in total. The van der Waals surface area contributed by atoms with Crippen LogP contribution in [0.5, 0.6) is 0 Å². The van der Waals surface area contributed by atoms with Crippen LogP contribution in [0.15, 0.2) is 11.6 Å². The predicted molar refractivity (Wildman–Crippen MR) is 147 cm³/mol. The molecule has 0 amide bonds. The molecule has 2 heterocycles. The van der Waals surface area contributed by atoms with Crippen LogP contribution in [0.25, 0.3) is 0 Å². The van der Waals surface area contributed by atoms with Crippen molar-refractivity contribution in [2.45, 2.75) is 104 Å². The molecule has 0 aromatic carbocycles. The standard InChI is InChI=1S/C32H51NO5/c1-21-9-13-29(3)22-7-8-24-28(2)11-6-12-32(24,23(22)10-14-30(29,4)25(21)26(34)35)27(37-19-28)38-20-31(33-5)15-17-36-18-16-31/h10,21-22,24-25,27,33H,6-9,11-20H2,1-5H3,(H,34,35). The third kappa shape index (κ3) is 3.61. The second-order valence-corrected chi connectivity index (χ2v) is 14.9. The average Bonchev–Trinajstić information content (AvgIpc) is 2.89. The lowest BCUT2D eigenvalue weighted by molar-refractivity contribution is -0.307. The molecule has 0 aromatic heterocycles. The third-order valence-corrected chi connectivity index (χ3v) is 13.4. The van der Waals surface area contributed by atoms with Gasteiger partial charge in [-0.3, -0.25) is 4.79 Å². The normalized spacial score (nSPS) is 49.7. The summed E-state index contributed by atoms with van der Waals surface area (Å²) in [7, 11) is 2.06. The number of carbonyl (C=O) groups is 1. The number of hydrogen-bond acceptors (Lipinski definition) is 5. The van der Waals surface area contributed by atoms with Crippen LogP contribution in [0.3, 0.4) is 0 Å². The van der Waals surface area contributed by atoms with Crippen molar-refractivity contribution < 1.29 is 24.1 Å². The molecule has 9 atom stereocenters. The zero-order chi connectivity index (χ0) is 27.0. The molecule has 214 valence electrons. The molecule has 6 rings (SSSR count). The Kier molecular flexibility index (Phi) is 6.66. The van der Waals surface area contributed by atoms with Crippen LogP contribution in [0.4, 0.5) is 0 Å². The maximum atomic E-state index is 12.6. The zero-order valence-electron chi connectivity index (χ0n) is 24.4. The van der Waals surface area contributed by atoms with E-state index in [9.17, 15) is 9.90 Å². The van der Waals surface area contributed by atoms with Gasteiger partial charge in [-0.25, -0.2) is 0 Å². The molecule has 5 fully saturated rings. The van der Waals surface area contributed by atoms with Gasteiger partial charge in [-0.2, -0.15) is 0 Å². The minimum absolute atomic E-state index is 0.0187. The summed E-state index contributed by atoms with van der Waals surface area (Å²) in [6, 6.07) is 0. The highest BCUT2D eigenvalue weighted by atomic mass is 16.7. The molecular formula is C32H51NO5. The number of ether oxygens (including phenoxy) is 3. The number of hydrogen-bond donors (Lipinski definition) is 2. The Hall–Kier alpha value is -0.950. The fraction of sp³-hybridized carbons (Fsp3) is 0.906. The molecule has 3 saturated carbocycles. The van der Waals surface area contributed by atoms with Crippen LogP contribution < -0.4 is 5.32 Å². The fourth-order valence-corrected chi connectivity index (χ4v) is 10.9. The quantitative estimate of drug-likeness (QED) is 0.438. The molecule has 0 aromatic rings. The van der Waals surface area contributed by atoms with E-state index in [1.807, 2.05) is 0 Å². The lowest BCUT2D eigenvalue weighted by atomic mass is 9.36. The van der Waals surface area contributed by atoms with E-state index in [0.717, 1.165) is 58.3 Å². The van der Waals surface area contributed by atoms with Gasteiger partial charge in [-0.15, -0.1) is 0 Å². The van der Waals surface area contributed by atoms with Crippen molar-refractivity contribution in [1.82, 2.24) is 5.32 Å². The first-order valence-corrected chi connectivity index (χ1v) is 15.5. The fourth-order valence-electron chi connectivity index (χ4n) is 10.9. The first-order chi connectivity index (χ1) is 18.1. The van der Waals surface area contributed by atoms with Crippen molar-refractivity contribution >= 4 is 5.97 Å². The van der Waals surface area contributed by atoms with Crippen LogP contribution in [0, 0.1) is 45.3 Å². The molecule has 2 aliphatic heterocycles. The lowest BCUT2D eigenvalue weighted by Gasteiger charge is -2.69. The molecule has 9 unspecified atom stereocenters. The molecule has 2 saturated heterocycles. The zero-order valence-corrected chi connectivity index (χ0v) is 24.4. The van der Waals surface area contributed by atoms with E-state index >= 15 is 0 Å². The Morgan fingerprint density at radius 1 is 1.08 bits per heavy atom. The van der Waals surface area contributed by atoms with E-state index < -0.39 is 5.97 Å². The Labute approximate surface area is 229 Å². The average molecular weight is 530 g/mol. The minimum atomic E-state index is -0.601. The number of carboxylic acids is 1. The maximum Gasteiger partial charge on any atom is 0.307 e. The van der Waals surface area contributed by atoms with Gasteiger partial charge in [0.2, 0.25) is 0 Å². The number of carboxylic acid groups (broad SMARTS) is 1. The molecule has 6 aliphatic rings. The van der Waals surface area contributed by atoms with Crippen LogP contribution in [-0.4, -0.2) is 56.4 Å². The van der Waals surface area contributed by atoms with Gasteiger partial charge < -0.3 is 24.6 Å². The number of fused-ring (bicyclic) bond motifs is 3. The van der Waals surface area contributed by atoms with Crippen molar-refractivity contribution in [2.24, 2.45) is 45.3 Å². The molecule has 6 heteroatoms.